The molecule has 0 amide bonds. The van der Waals surface area contributed by atoms with E-state index in [9.17, 15) is 18.0 Å². The molecule has 5 nitrogen and oxygen atoms in total. The zero-order valence-corrected chi connectivity index (χ0v) is 10.8. The average molecular weight is 289 g/mol. The van der Waals surface area contributed by atoms with Crippen molar-refractivity contribution in [3.8, 4) is 0 Å². The van der Waals surface area contributed by atoms with Crippen LogP contribution in [-0.4, -0.2) is 31.5 Å². The first kappa shape index (κ1) is 14.4. The summed E-state index contributed by atoms with van der Waals surface area (Å²) < 4.78 is 22.9. The smallest absolute Gasteiger partial charge is 0.328 e. The van der Waals surface area contributed by atoms with Crippen molar-refractivity contribution in [2.45, 2.75) is 4.90 Å². The van der Waals surface area contributed by atoms with Gasteiger partial charge in [0.05, 0.1) is 4.90 Å². The maximum atomic E-state index is 11.7. The summed E-state index contributed by atoms with van der Waals surface area (Å²) in [6.07, 6.45) is 2.37. The van der Waals surface area contributed by atoms with Gasteiger partial charge in [0.25, 0.3) is 0 Å². The Morgan fingerprint density at radius 3 is 2.39 bits per heavy atom. The lowest BCUT2D eigenvalue weighted by Gasteiger charge is -2.05. The summed E-state index contributed by atoms with van der Waals surface area (Å²) in [5.74, 6) is -2.04. The normalized spacial score (nSPS) is 11.7. The topological polar surface area (TPSA) is 88.5 Å². The standard InChI is InChI=1S/C11H9ClO5S/c1-18(16,17)10-4-2-7(12)6-8(10)9(13)3-5-11(14)15/h2-6H,1H3,(H,14,15)/b5-3+. The molecule has 1 N–H and O–H groups in total. The molecule has 1 rings (SSSR count). The van der Waals surface area contributed by atoms with Gasteiger partial charge >= 0.3 is 5.97 Å². The summed E-state index contributed by atoms with van der Waals surface area (Å²) in [6, 6.07) is 3.74. The molecule has 96 valence electrons. The maximum Gasteiger partial charge on any atom is 0.328 e. The van der Waals surface area contributed by atoms with Crippen LogP contribution in [0.5, 0.6) is 0 Å². The van der Waals surface area contributed by atoms with Crippen molar-refractivity contribution in [2.75, 3.05) is 6.26 Å². The van der Waals surface area contributed by atoms with Crippen LogP contribution in [0.1, 0.15) is 10.4 Å². The van der Waals surface area contributed by atoms with Crippen molar-refractivity contribution in [3.63, 3.8) is 0 Å². The highest BCUT2D eigenvalue weighted by Crippen LogP contribution is 2.21. The fraction of sp³-hybridized carbons (Fsp3) is 0.0909. The number of hydrogen-bond acceptors (Lipinski definition) is 4. The molecular weight excluding hydrogens is 280 g/mol. The van der Waals surface area contributed by atoms with E-state index < -0.39 is 21.6 Å². The van der Waals surface area contributed by atoms with E-state index in [-0.39, 0.29) is 15.5 Å². The Morgan fingerprint density at radius 2 is 1.89 bits per heavy atom. The van der Waals surface area contributed by atoms with E-state index in [1.165, 1.54) is 18.2 Å². The van der Waals surface area contributed by atoms with Crippen LogP contribution in [0.2, 0.25) is 5.02 Å². The minimum atomic E-state index is -3.59. The molecule has 1 aromatic carbocycles. The second kappa shape index (κ2) is 5.32. The Bertz CT molecular complexity index is 631. The number of halogens is 1. The summed E-state index contributed by atoms with van der Waals surface area (Å²) in [7, 11) is -3.59. The molecule has 0 aliphatic rings. The number of rotatable bonds is 4. The highest BCUT2D eigenvalue weighted by atomic mass is 35.5. The molecule has 0 fully saturated rings. The van der Waals surface area contributed by atoms with E-state index in [1.807, 2.05) is 0 Å². The van der Waals surface area contributed by atoms with Crippen LogP contribution in [-0.2, 0) is 14.6 Å². The molecule has 0 heterocycles. The van der Waals surface area contributed by atoms with Gasteiger partial charge in [0.15, 0.2) is 15.6 Å². The number of sulfone groups is 1. The Hall–Kier alpha value is -1.66. The third-order valence-electron chi connectivity index (χ3n) is 1.98. The molecule has 1 aromatic rings. The largest absolute Gasteiger partial charge is 0.478 e. The van der Waals surface area contributed by atoms with Crippen molar-refractivity contribution in [1.82, 2.24) is 0 Å². The molecule has 0 aliphatic carbocycles. The number of hydrogen-bond donors (Lipinski definition) is 1. The molecule has 0 radical (unpaired) electrons. The van der Waals surface area contributed by atoms with Crippen LogP contribution in [0.4, 0.5) is 0 Å². The van der Waals surface area contributed by atoms with Crippen LogP contribution in [0, 0.1) is 0 Å². The van der Waals surface area contributed by atoms with E-state index in [0.29, 0.717) is 6.08 Å². The number of carbonyl (C=O) groups is 2. The van der Waals surface area contributed by atoms with Gasteiger partial charge in [-0.3, -0.25) is 4.79 Å². The lowest BCUT2D eigenvalue weighted by molar-refractivity contribution is -0.131. The number of carboxylic acids is 1. The van der Waals surface area contributed by atoms with Gasteiger partial charge in [-0.25, -0.2) is 13.2 Å². The first-order valence-electron chi connectivity index (χ1n) is 4.67. The van der Waals surface area contributed by atoms with Crippen LogP contribution in [0.15, 0.2) is 35.2 Å². The molecule has 0 saturated heterocycles. The molecule has 0 saturated carbocycles. The van der Waals surface area contributed by atoms with Crippen molar-refractivity contribution in [1.29, 1.82) is 0 Å². The Balaban J connectivity index is 3.35. The molecule has 0 atom stereocenters. The van der Waals surface area contributed by atoms with Gasteiger partial charge in [-0.15, -0.1) is 0 Å². The molecule has 0 bridgehead atoms. The van der Waals surface area contributed by atoms with Gasteiger partial charge in [0.1, 0.15) is 0 Å². The van der Waals surface area contributed by atoms with Gasteiger partial charge in [-0.1, -0.05) is 11.6 Å². The molecule has 18 heavy (non-hydrogen) atoms. The first-order valence-corrected chi connectivity index (χ1v) is 6.93. The van der Waals surface area contributed by atoms with E-state index in [4.69, 9.17) is 16.7 Å². The number of carboxylic acid groups (broad SMARTS) is 1. The SMILES string of the molecule is CS(=O)(=O)c1ccc(Cl)cc1C(=O)/C=C/C(=O)O. The van der Waals surface area contributed by atoms with Crippen molar-refractivity contribution in [2.24, 2.45) is 0 Å². The summed E-state index contributed by atoms with van der Waals surface area (Å²) in [4.78, 5) is 21.8. The Labute approximate surface area is 109 Å². The summed E-state index contributed by atoms with van der Waals surface area (Å²) in [5, 5.41) is 8.60. The molecular formula is C11H9ClO5S. The van der Waals surface area contributed by atoms with E-state index in [1.54, 1.807) is 0 Å². The van der Waals surface area contributed by atoms with E-state index in [0.717, 1.165) is 12.3 Å². The monoisotopic (exact) mass is 288 g/mol. The zero-order valence-electron chi connectivity index (χ0n) is 9.25. The van der Waals surface area contributed by atoms with E-state index >= 15 is 0 Å². The number of aliphatic carboxylic acids is 1. The second-order valence-corrected chi connectivity index (χ2v) is 5.87. The lowest BCUT2D eigenvalue weighted by Crippen LogP contribution is -2.07. The second-order valence-electron chi connectivity index (χ2n) is 3.45. The lowest BCUT2D eigenvalue weighted by atomic mass is 10.1. The van der Waals surface area contributed by atoms with Gasteiger partial charge in [-0.05, 0) is 24.3 Å². The highest BCUT2D eigenvalue weighted by molar-refractivity contribution is 7.90. The van der Waals surface area contributed by atoms with Gasteiger partial charge < -0.3 is 5.11 Å². The van der Waals surface area contributed by atoms with Crippen molar-refractivity contribution >= 4 is 33.2 Å². The molecule has 7 heteroatoms. The van der Waals surface area contributed by atoms with E-state index in [2.05, 4.69) is 0 Å². The predicted octanol–water partition coefficient (Wildman–Crippen LogP) is 1.57. The van der Waals surface area contributed by atoms with Crippen LogP contribution < -0.4 is 0 Å². The molecule has 0 aromatic heterocycles. The average Bonchev–Trinajstić information content (AvgIpc) is 2.23. The van der Waals surface area contributed by atoms with Crippen LogP contribution >= 0.6 is 11.6 Å². The Kier molecular flexibility index (Phi) is 4.26. The summed E-state index contributed by atoms with van der Waals surface area (Å²) in [6.45, 7) is 0. The van der Waals surface area contributed by atoms with Crippen molar-refractivity contribution < 1.29 is 23.1 Å². The van der Waals surface area contributed by atoms with Crippen LogP contribution in [0.25, 0.3) is 0 Å². The minimum absolute atomic E-state index is 0.150. The predicted molar refractivity (Wildman–Crippen MR) is 65.7 cm³/mol. The molecule has 0 unspecified atom stereocenters. The third-order valence-corrected chi connectivity index (χ3v) is 3.37. The number of benzene rings is 1. The molecule has 0 spiro atoms. The van der Waals surface area contributed by atoms with Gasteiger partial charge in [-0.2, -0.15) is 0 Å². The first-order chi connectivity index (χ1) is 8.21. The van der Waals surface area contributed by atoms with Crippen LogP contribution in [0.3, 0.4) is 0 Å². The third kappa shape index (κ3) is 3.68. The van der Waals surface area contributed by atoms with Gasteiger partial charge in [0, 0.05) is 22.9 Å². The quantitative estimate of drug-likeness (QED) is 0.671. The summed E-state index contributed by atoms with van der Waals surface area (Å²) >= 11 is 5.69. The number of carbonyl (C=O) groups excluding carboxylic acids is 1. The summed E-state index contributed by atoms with van der Waals surface area (Å²) in [5.41, 5.74) is -0.150. The number of ketones is 1. The number of allylic oxidation sites excluding steroid dienone is 1. The zero-order chi connectivity index (χ0) is 13.9. The minimum Gasteiger partial charge on any atom is -0.478 e. The Morgan fingerprint density at radius 1 is 1.28 bits per heavy atom. The highest BCUT2D eigenvalue weighted by Gasteiger charge is 2.17. The molecule has 0 aliphatic heterocycles. The fourth-order valence-corrected chi connectivity index (χ4v) is 2.30. The fourth-order valence-electron chi connectivity index (χ4n) is 1.25. The maximum absolute atomic E-state index is 11.7. The van der Waals surface area contributed by atoms with Crippen molar-refractivity contribution in [3.05, 3.63) is 40.9 Å². The van der Waals surface area contributed by atoms with Gasteiger partial charge in [0.2, 0.25) is 0 Å².